The second kappa shape index (κ2) is 8.76. The highest BCUT2D eigenvalue weighted by Gasteiger charge is 2.47. The second-order valence-corrected chi connectivity index (χ2v) is 10.3. The number of sulfonamides is 1. The molecule has 0 amide bonds. The van der Waals surface area contributed by atoms with Crippen LogP contribution in [0, 0.1) is 6.92 Å². The van der Waals surface area contributed by atoms with Gasteiger partial charge in [-0.3, -0.25) is 0 Å². The fourth-order valence-corrected chi connectivity index (χ4v) is 5.49. The maximum atomic E-state index is 13.9. The molecule has 0 radical (unpaired) electrons. The van der Waals surface area contributed by atoms with Gasteiger partial charge in [-0.1, -0.05) is 102 Å². The van der Waals surface area contributed by atoms with E-state index in [0.717, 1.165) is 26.7 Å². The van der Waals surface area contributed by atoms with Crippen LogP contribution in [0.25, 0.3) is 5.70 Å². The summed E-state index contributed by atoms with van der Waals surface area (Å²) in [5.41, 5.74) is 2.53. The largest absolute Gasteiger partial charge is 0.286 e. The highest BCUT2D eigenvalue weighted by Crippen LogP contribution is 2.47. The summed E-state index contributed by atoms with van der Waals surface area (Å²) in [7, 11) is -4.03. The molecule has 1 heterocycles. The van der Waals surface area contributed by atoms with Crippen LogP contribution >= 0.6 is 11.6 Å². The lowest BCUT2D eigenvalue weighted by atomic mass is 9.85. The highest BCUT2D eigenvalue weighted by molar-refractivity contribution is 7.89. The minimum Gasteiger partial charge on any atom is -0.238 e. The van der Waals surface area contributed by atoms with Crippen molar-refractivity contribution in [2.45, 2.75) is 17.4 Å². The Balaban J connectivity index is 1.75. The van der Waals surface area contributed by atoms with E-state index in [9.17, 15) is 8.42 Å². The van der Waals surface area contributed by atoms with Gasteiger partial charge < -0.3 is 0 Å². The van der Waals surface area contributed by atoms with Gasteiger partial charge in [0.05, 0.1) is 10.6 Å². The number of hydrogen-bond donors (Lipinski definition) is 0. The van der Waals surface area contributed by atoms with E-state index < -0.39 is 15.6 Å². The van der Waals surface area contributed by atoms with Crippen molar-refractivity contribution >= 4 is 27.3 Å². The van der Waals surface area contributed by atoms with E-state index in [2.05, 4.69) is 0 Å². The van der Waals surface area contributed by atoms with E-state index in [1.54, 1.807) is 36.4 Å². The molecule has 4 aromatic carbocycles. The topological polar surface area (TPSA) is 46.6 Å². The van der Waals surface area contributed by atoms with Crippen molar-refractivity contribution in [3.63, 3.8) is 0 Å². The fraction of sp³-hybridized carbons (Fsp3) is 0.0714. The van der Waals surface area contributed by atoms with Crippen LogP contribution in [0.1, 0.15) is 22.3 Å². The number of aryl methyl sites for hydroxylation is 1. The molecule has 0 spiro atoms. The lowest BCUT2D eigenvalue weighted by Gasteiger charge is -2.30. The van der Waals surface area contributed by atoms with Crippen LogP contribution in [0.3, 0.4) is 0 Å². The van der Waals surface area contributed by atoms with Gasteiger partial charge in [0, 0.05) is 10.6 Å². The summed E-state index contributed by atoms with van der Waals surface area (Å²) in [5, 5.41) is 0.585. The summed E-state index contributed by atoms with van der Waals surface area (Å²) >= 11 is 6.17. The normalized spacial score (nSPS) is 18.1. The molecule has 4 nitrogen and oxygen atoms in total. The van der Waals surface area contributed by atoms with Crippen LogP contribution < -0.4 is 0 Å². The van der Waals surface area contributed by atoms with E-state index in [1.165, 1.54) is 0 Å². The molecule has 0 aromatic heterocycles. The van der Waals surface area contributed by atoms with Crippen LogP contribution in [0.2, 0.25) is 5.02 Å². The van der Waals surface area contributed by atoms with Crippen molar-refractivity contribution in [2.75, 3.05) is 0 Å². The number of halogens is 1. The second-order valence-electron chi connectivity index (χ2n) is 8.14. The molecule has 0 aliphatic carbocycles. The van der Waals surface area contributed by atoms with Gasteiger partial charge in [0.1, 0.15) is 0 Å². The molecule has 5 rings (SSSR count). The zero-order valence-electron chi connectivity index (χ0n) is 18.4. The van der Waals surface area contributed by atoms with Crippen molar-refractivity contribution < 1.29 is 13.3 Å². The van der Waals surface area contributed by atoms with Crippen molar-refractivity contribution in [3.8, 4) is 0 Å². The minimum absolute atomic E-state index is 0.153. The average Bonchev–Trinajstić information content (AvgIpc) is 3.29. The predicted octanol–water partition coefficient (Wildman–Crippen LogP) is 6.57. The third kappa shape index (κ3) is 3.92. The molecule has 0 bridgehead atoms. The van der Waals surface area contributed by atoms with Gasteiger partial charge in [0.15, 0.2) is 5.60 Å². The average molecular weight is 488 g/mol. The van der Waals surface area contributed by atoms with E-state index in [4.69, 9.17) is 16.4 Å². The molecule has 170 valence electrons. The molecule has 1 unspecified atom stereocenters. The van der Waals surface area contributed by atoms with Gasteiger partial charge in [0.25, 0.3) is 10.0 Å². The molecule has 0 saturated heterocycles. The summed E-state index contributed by atoms with van der Waals surface area (Å²) in [6, 6.07) is 33.0. The molecule has 4 aromatic rings. The Morgan fingerprint density at radius 2 is 1.29 bits per heavy atom. The molecule has 1 atom stereocenters. The molecule has 1 aliphatic heterocycles. The maximum Gasteiger partial charge on any atom is 0.286 e. The fourth-order valence-electron chi connectivity index (χ4n) is 4.06. The first-order valence-electron chi connectivity index (χ1n) is 10.8. The molecule has 6 heteroatoms. The molecule has 1 aliphatic rings. The smallest absolute Gasteiger partial charge is 0.238 e. The number of hydroxylamine groups is 1. The Labute approximate surface area is 204 Å². The minimum atomic E-state index is -4.03. The van der Waals surface area contributed by atoms with Gasteiger partial charge in [-0.05, 0) is 48.4 Å². The van der Waals surface area contributed by atoms with E-state index in [1.807, 2.05) is 85.8 Å². The monoisotopic (exact) mass is 487 g/mol. The van der Waals surface area contributed by atoms with Crippen LogP contribution in [0.5, 0.6) is 0 Å². The van der Waals surface area contributed by atoms with Gasteiger partial charge in [-0.25, -0.2) is 4.84 Å². The van der Waals surface area contributed by atoms with Gasteiger partial charge in [0.2, 0.25) is 0 Å². The van der Waals surface area contributed by atoms with Crippen LogP contribution in [0.15, 0.2) is 120 Å². The summed E-state index contributed by atoms with van der Waals surface area (Å²) in [6.07, 6.45) is 1.87. The SMILES string of the molecule is Cc1ccc(S(=O)(=O)N2OC(c3ccccc3)(c3ccc(Cl)cc3)C=C2c2ccccc2)cc1. The van der Waals surface area contributed by atoms with Gasteiger partial charge in [-0.15, -0.1) is 4.47 Å². The zero-order valence-corrected chi connectivity index (χ0v) is 20.0. The van der Waals surface area contributed by atoms with E-state index in [0.29, 0.717) is 10.7 Å². The Kier molecular flexibility index (Phi) is 5.78. The zero-order chi connectivity index (χ0) is 23.8. The number of hydrogen-bond acceptors (Lipinski definition) is 3. The molecule has 34 heavy (non-hydrogen) atoms. The summed E-state index contributed by atoms with van der Waals surface area (Å²) in [6.45, 7) is 1.92. The van der Waals surface area contributed by atoms with Crippen molar-refractivity contribution in [2.24, 2.45) is 0 Å². The molecule has 0 N–H and O–H groups in total. The maximum absolute atomic E-state index is 13.9. The van der Waals surface area contributed by atoms with Crippen LogP contribution in [0.4, 0.5) is 0 Å². The highest BCUT2D eigenvalue weighted by atomic mass is 35.5. The van der Waals surface area contributed by atoms with Crippen LogP contribution in [-0.2, 0) is 20.5 Å². The first-order valence-corrected chi connectivity index (χ1v) is 12.6. The lowest BCUT2D eigenvalue weighted by molar-refractivity contribution is -0.102. The van der Waals surface area contributed by atoms with Gasteiger partial charge in [-0.2, -0.15) is 8.42 Å². The lowest BCUT2D eigenvalue weighted by Crippen LogP contribution is -2.34. The quantitative estimate of drug-likeness (QED) is 0.320. The van der Waals surface area contributed by atoms with Crippen molar-refractivity contribution in [3.05, 3.63) is 143 Å². The standard InChI is InChI=1S/C28H22ClNO3S/c1-21-12-18-26(19-13-21)34(31,32)30-27(22-8-4-2-5-9-22)20-28(33-30,23-10-6-3-7-11-23)24-14-16-25(29)17-15-24/h2-20H,1H3. The van der Waals surface area contributed by atoms with Crippen molar-refractivity contribution in [1.29, 1.82) is 0 Å². The first-order chi connectivity index (χ1) is 16.4. The Hall–Kier alpha value is -3.38. The Morgan fingerprint density at radius 3 is 1.91 bits per heavy atom. The predicted molar refractivity (Wildman–Crippen MR) is 134 cm³/mol. The molecular weight excluding hydrogens is 466 g/mol. The van der Waals surface area contributed by atoms with Gasteiger partial charge >= 0.3 is 0 Å². The van der Waals surface area contributed by atoms with Crippen LogP contribution in [-0.4, -0.2) is 12.9 Å². The number of rotatable bonds is 5. The van der Waals surface area contributed by atoms with E-state index in [-0.39, 0.29) is 4.90 Å². The number of nitrogens with zero attached hydrogens (tertiary/aromatic N) is 1. The summed E-state index contributed by atoms with van der Waals surface area (Å²) < 4.78 is 28.8. The third-order valence-corrected chi connectivity index (χ3v) is 7.67. The first kappa shape index (κ1) is 22.4. The summed E-state index contributed by atoms with van der Waals surface area (Å²) in [4.78, 5) is 6.64. The Bertz CT molecular complexity index is 1440. The molecule has 0 saturated carbocycles. The van der Waals surface area contributed by atoms with Crippen molar-refractivity contribution in [1.82, 2.24) is 4.47 Å². The Morgan fingerprint density at radius 1 is 0.735 bits per heavy atom. The third-order valence-electron chi connectivity index (χ3n) is 5.85. The molecular formula is C28H22ClNO3S. The molecule has 0 fully saturated rings. The summed E-state index contributed by atoms with van der Waals surface area (Å²) in [5.74, 6) is 0. The number of benzene rings is 4. The van der Waals surface area contributed by atoms with E-state index >= 15 is 0 Å².